The molecule has 1 amide bonds. The number of anilines is 1. The van der Waals surface area contributed by atoms with Gasteiger partial charge in [-0.25, -0.2) is 9.97 Å². The molecule has 6 heterocycles. The first-order valence-electron chi connectivity index (χ1n) is 11.8. The maximum atomic E-state index is 13.7. The van der Waals surface area contributed by atoms with Crippen molar-refractivity contribution in [1.82, 2.24) is 35.1 Å². The minimum atomic E-state index is -0.267. The first-order valence-corrected chi connectivity index (χ1v) is 12.6. The Kier molecular flexibility index (Phi) is 5.89. The highest BCUT2D eigenvalue weighted by molar-refractivity contribution is 7.14. The number of halogens is 1. The van der Waals surface area contributed by atoms with Crippen molar-refractivity contribution in [1.29, 1.82) is 0 Å². The van der Waals surface area contributed by atoms with Crippen molar-refractivity contribution in [3.8, 4) is 33.2 Å². The van der Waals surface area contributed by atoms with Crippen molar-refractivity contribution < 1.29 is 9.18 Å². The number of hydrogen-bond acceptors (Lipinski definition) is 7. The molecule has 0 aromatic carbocycles. The van der Waals surface area contributed by atoms with E-state index in [0.29, 0.717) is 45.9 Å². The van der Waals surface area contributed by atoms with Crippen molar-refractivity contribution >= 4 is 45.0 Å². The number of nitrogens with one attached hydrogen (secondary N) is 3. The zero-order valence-corrected chi connectivity index (χ0v) is 20.6. The van der Waals surface area contributed by atoms with Crippen LogP contribution < -0.4 is 5.32 Å². The third-order valence-corrected chi connectivity index (χ3v) is 6.85. The Bertz CT molecular complexity index is 1750. The second-order valence-corrected chi connectivity index (χ2v) is 9.59. The predicted molar refractivity (Wildman–Crippen MR) is 141 cm³/mol. The van der Waals surface area contributed by atoms with E-state index < -0.39 is 0 Å². The average molecular weight is 513 g/mol. The van der Waals surface area contributed by atoms with Crippen LogP contribution in [0.5, 0.6) is 0 Å². The highest BCUT2D eigenvalue weighted by atomic mass is 32.1. The predicted octanol–water partition coefficient (Wildman–Crippen LogP) is 5.95. The van der Waals surface area contributed by atoms with Crippen LogP contribution in [0.2, 0.25) is 0 Å². The van der Waals surface area contributed by atoms with E-state index in [0.717, 1.165) is 45.7 Å². The number of fused-ring (bicyclic) bond motifs is 2. The van der Waals surface area contributed by atoms with E-state index in [-0.39, 0.29) is 11.0 Å². The fraction of sp³-hybridized carbons (Fsp3) is 0.154. The van der Waals surface area contributed by atoms with Crippen LogP contribution in [0, 0.1) is 5.13 Å². The van der Waals surface area contributed by atoms with Gasteiger partial charge in [-0.3, -0.25) is 19.9 Å². The molecule has 0 saturated carbocycles. The smallest absolute Gasteiger partial charge is 0.224 e. The quantitative estimate of drug-likeness (QED) is 0.243. The molecule has 0 aliphatic rings. The van der Waals surface area contributed by atoms with Crippen molar-refractivity contribution in [2.45, 2.75) is 26.2 Å². The third kappa shape index (κ3) is 4.45. The summed E-state index contributed by atoms with van der Waals surface area (Å²) in [6.07, 6.45) is 8.95. The Morgan fingerprint density at radius 2 is 1.92 bits per heavy atom. The standard InChI is InChI=1S/C26H21FN8OS/c1-2-3-4-22(36)30-15-9-14(10-28-11-15)17-5-6-18-24(31-17)25(35-34-18)26-32-19-13-29-12-16(23(19)33-26)20-7-8-21(27)37-20/h5-13H,2-4H2,1H3,(H,30,36)(H,32,33)(H,34,35). The van der Waals surface area contributed by atoms with Crippen LogP contribution >= 0.6 is 11.3 Å². The van der Waals surface area contributed by atoms with Crippen molar-refractivity contribution in [3.05, 3.63) is 60.3 Å². The molecule has 0 unspecified atom stereocenters. The number of amides is 1. The Morgan fingerprint density at radius 1 is 1.03 bits per heavy atom. The van der Waals surface area contributed by atoms with Gasteiger partial charge in [-0.2, -0.15) is 9.49 Å². The maximum absolute atomic E-state index is 13.7. The van der Waals surface area contributed by atoms with E-state index in [1.165, 1.54) is 6.07 Å². The van der Waals surface area contributed by atoms with Crippen LogP contribution in [0.4, 0.5) is 10.1 Å². The Balaban J connectivity index is 1.37. The first kappa shape index (κ1) is 22.9. The van der Waals surface area contributed by atoms with Crippen LogP contribution in [0.25, 0.3) is 55.3 Å². The first-order chi connectivity index (χ1) is 18.1. The zero-order valence-electron chi connectivity index (χ0n) is 19.7. The molecule has 0 atom stereocenters. The Morgan fingerprint density at radius 3 is 2.76 bits per heavy atom. The van der Waals surface area contributed by atoms with Gasteiger partial charge in [0.25, 0.3) is 0 Å². The number of imidazole rings is 1. The number of unbranched alkanes of at least 4 members (excludes halogenated alkanes) is 1. The van der Waals surface area contributed by atoms with E-state index in [1.54, 1.807) is 30.9 Å². The summed E-state index contributed by atoms with van der Waals surface area (Å²) in [4.78, 5) is 34.3. The van der Waals surface area contributed by atoms with E-state index in [1.807, 2.05) is 25.1 Å². The highest BCUT2D eigenvalue weighted by Gasteiger charge is 2.18. The molecule has 0 bridgehead atoms. The van der Waals surface area contributed by atoms with E-state index in [4.69, 9.17) is 9.97 Å². The topological polar surface area (TPSA) is 125 Å². The lowest BCUT2D eigenvalue weighted by molar-refractivity contribution is -0.116. The van der Waals surface area contributed by atoms with Crippen LogP contribution in [-0.4, -0.2) is 41.0 Å². The molecule has 0 spiro atoms. The lowest BCUT2D eigenvalue weighted by Crippen LogP contribution is -2.11. The second kappa shape index (κ2) is 9.51. The minimum Gasteiger partial charge on any atom is -0.335 e. The monoisotopic (exact) mass is 512 g/mol. The molecule has 0 saturated heterocycles. The number of carbonyl (C=O) groups excluding carboxylic acids is 1. The number of H-pyrrole nitrogens is 2. The van der Waals surface area contributed by atoms with Gasteiger partial charge in [-0.15, -0.1) is 11.3 Å². The number of rotatable bonds is 7. The summed E-state index contributed by atoms with van der Waals surface area (Å²) in [7, 11) is 0. The van der Waals surface area contributed by atoms with Crippen LogP contribution in [0.3, 0.4) is 0 Å². The van der Waals surface area contributed by atoms with Crippen LogP contribution in [-0.2, 0) is 4.79 Å². The fourth-order valence-corrected chi connectivity index (χ4v) is 4.86. The summed E-state index contributed by atoms with van der Waals surface area (Å²) in [5.74, 6) is 0.484. The van der Waals surface area contributed by atoms with Crippen molar-refractivity contribution in [2.24, 2.45) is 0 Å². The minimum absolute atomic E-state index is 0.0367. The Hall–Kier alpha value is -4.51. The van der Waals surface area contributed by atoms with Gasteiger partial charge < -0.3 is 10.3 Å². The van der Waals surface area contributed by atoms with Crippen LogP contribution in [0.15, 0.2) is 55.1 Å². The normalized spacial score (nSPS) is 11.4. The van der Waals surface area contributed by atoms with Gasteiger partial charge in [0.2, 0.25) is 5.91 Å². The van der Waals surface area contributed by atoms with E-state index in [2.05, 4.69) is 30.5 Å². The molecule has 0 fully saturated rings. The van der Waals surface area contributed by atoms with Gasteiger partial charge >= 0.3 is 0 Å². The van der Waals surface area contributed by atoms with Gasteiger partial charge in [0, 0.05) is 34.8 Å². The number of aromatic nitrogens is 7. The van der Waals surface area contributed by atoms with Gasteiger partial charge in [0.05, 0.1) is 34.8 Å². The summed E-state index contributed by atoms with van der Waals surface area (Å²) in [6.45, 7) is 2.05. The molecule has 9 nitrogen and oxygen atoms in total. The summed E-state index contributed by atoms with van der Waals surface area (Å²) < 4.78 is 13.7. The van der Waals surface area contributed by atoms with Gasteiger partial charge in [-0.05, 0) is 36.8 Å². The van der Waals surface area contributed by atoms with Crippen molar-refractivity contribution in [3.63, 3.8) is 0 Å². The molecular formula is C26H21FN8OS. The molecule has 184 valence electrons. The summed E-state index contributed by atoms with van der Waals surface area (Å²) in [6, 6.07) is 8.77. The molecule has 6 rings (SSSR count). The molecule has 37 heavy (non-hydrogen) atoms. The molecule has 0 radical (unpaired) electrons. The number of nitrogens with zero attached hydrogens (tertiary/aromatic N) is 5. The lowest BCUT2D eigenvalue weighted by Gasteiger charge is -2.07. The molecule has 0 aliphatic carbocycles. The number of aromatic amines is 2. The largest absolute Gasteiger partial charge is 0.335 e. The lowest BCUT2D eigenvalue weighted by atomic mass is 10.1. The van der Waals surface area contributed by atoms with E-state index >= 15 is 0 Å². The maximum Gasteiger partial charge on any atom is 0.224 e. The summed E-state index contributed by atoms with van der Waals surface area (Å²) in [5, 5.41) is 10.1. The van der Waals surface area contributed by atoms with Gasteiger partial charge in [-0.1, -0.05) is 13.3 Å². The fourth-order valence-electron chi connectivity index (χ4n) is 4.12. The SMILES string of the molecule is CCCCC(=O)Nc1cncc(-c2ccc3[nH]nc(-c4nc5c(-c6ccc(F)s6)cncc5[nH]4)c3n2)c1. The summed E-state index contributed by atoms with van der Waals surface area (Å²) in [5.41, 5.74) is 6.12. The average Bonchev–Trinajstić information content (AvgIpc) is 3.64. The number of thiophene rings is 1. The molecule has 0 aliphatic heterocycles. The highest BCUT2D eigenvalue weighted by Crippen LogP contribution is 2.34. The zero-order chi connectivity index (χ0) is 25.4. The van der Waals surface area contributed by atoms with E-state index in [9.17, 15) is 9.18 Å². The molecule has 11 heteroatoms. The third-order valence-electron chi connectivity index (χ3n) is 5.94. The summed E-state index contributed by atoms with van der Waals surface area (Å²) >= 11 is 1.05. The second-order valence-electron chi connectivity index (χ2n) is 8.55. The number of carbonyl (C=O) groups is 1. The molecule has 3 N–H and O–H groups in total. The van der Waals surface area contributed by atoms with Crippen molar-refractivity contribution in [2.75, 3.05) is 5.32 Å². The molecular weight excluding hydrogens is 491 g/mol. The number of pyridine rings is 3. The van der Waals surface area contributed by atoms with Crippen LogP contribution in [0.1, 0.15) is 26.2 Å². The number of hydrogen-bond donors (Lipinski definition) is 3. The van der Waals surface area contributed by atoms with Gasteiger partial charge in [0.15, 0.2) is 16.6 Å². The Labute approximate surface area is 214 Å². The van der Waals surface area contributed by atoms with Gasteiger partial charge in [0.1, 0.15) is 11.0 Å². The molecule has 6 aromatic heterocycles. The molecule has 6 aromatic rings.